The second-order valence-corrected chi connectivity index (χ2v) is 6.17. The van der Waals surface area contributed by atoms with Crippen molar-refractivity contribution in [1.82, 2.24) is 10.2 Å². The first kappa shape index (κ1) is 16.5. The Kier molecular flexibility index (Phi) is 5.11. The van der Waals surface area contributed by atoms with Crippen molar-refractivity contribution < 1.29 is 9.59 Å². The van der Waals surface area contributed by atoms with Gasteiger partial charge in [0.25, 0.3) is 5.91 Å². The number of hydrogen-bond acceptors (Lipinski definition) is 3. The van der Waals surface area contributed by atoms with Crippen LogP contribution in [0.3, 0.4) is 0 Å². The summed E-state index contributed by atoms with van der Waals surface area (Å²) in [6.45, 7) is 2.18. The highest BCUT2D eigenvalue weighted by Gasteiger charge is 2.28. The highest BCUT2D eigenvalue weighted by atomic mass is 16.2. The van der Waals surface area contributed by atoms with E-state index < -0.39 is 0 Å². The standard InChI is InChI=1S/C19H23N3O2/c20-10-11-21-18(23)15-8-12-22(13-9-15)19(24)17-7-3-5-14-4-1-2-6-16(14)17/h1-7,15H,8-13,20H2,(H,21,23). The lowest BCUT2D eigenvalue weighted by molar-refractivity contribution is -0.126. The number of hydrogen-bond donors (Lipinski definition) is 2. The van der Waals surface area contributed by atoms with E-state index >= 15 is 0 Å². The molecule has 2 aromatic rings. The second-order valence-electron chi connectivity index (χ2n) is 6.17. The van der Waals surface area contributed by atoms with Crippen LogP contribution in [-0.4, -0.2) is 42.9 Å². The van der Waals surface area contributed by atoms with E-state index in [1.165, 1.54) is 0 Å². The quantitative estimate of drug-likeness (QED) is 0.899. The molecule has 1 aliphatic heterocycles. The lowest BCUT2D eigenvalue weighted by Gasteiger charge is -2.31. The molecule has 3 rings (SSSR count). The van der Waals surface area contributed by atoms with Crippen LogP contribution in [0, 0.1) is 5.92 Å². The van der Waals surface area contributed by atoms with Gasteiger partial charge in [0.1, 0.15) is 0 Å². The van der Waals surface area contributed by atoms with E-state index in [9.17, 15) is 9.59 Å². The number of amides is 2. The minimum Gasteiger partial charge on any atom is -0.355 e. The van der Waals surface area contributed by atoms with Crippen LogP contribution < -0.4 is 11.1 Å². The summed E-state index contributed by atoms with van der Waals surface area (Å²) in [5, 5.41) is 4.88. The maximum absolute atomic E-state index is 12.9. The van der Waals surface area contributed by atoms with Crippen LogP contribution in [0.5, 0.6) is 0 Å². The van der Waals surface area contributed by atoms with Gasteiger partial charge in [-0.25, -0.2) is 0 Å². The summed E-state index contributed by atoms with van der Waals surface area (Å²) >= 11 is 0. The van der Waals surface area contributed by atoms with Crippen molar-refractivity contribution >= 4 is 22.6 Å². The van der Waals surface area contributed by atoms with Gasteiger partial charge in [-0.2, -0.15) is 0 Å². The van der Waals surface area contributed by atoms with Gasteiger partial charge in [-0.15, -0.1) is 0 Å². The predicted molar refractivity (Wildman–Crippen MR) is 94.6 cm³/mol. The van der Waals surface area contributed by atoms with E-state index in [-0.39, 0.29) is 17.7 Å². The first-order valence-corrected chi connectivity index (χ1v) is 8.45. The number of fused-ring (bicyclic) bond motifs is 1. The van der Waals surface area contributed by atoms with Crippen molar-refractivity contribution in [3.8, 4) is 0 Å². The summed E-state index contributed by atoms with van der Waals surface area (Å²) in [6.07, 6.45) is 1.40. The summed E-state index contributed by atoms with van der Waals surface area (Å²) in [5.41, 5.74) is 6.15. The predicted octanol–water partition coefficient (Wildman–Crippen LogP) is 1.77. The van der Waals surface area contributed by atoms with Crippen LogP contribution in [0.4, 0.5) is 0 Å². The lowest BCUT2D eigenvalue weighted by Crippen LogP contribution is -2.43. The number of nitrogens with zero attached hydrogens (tertiary/aromatic N) is 1. The summed E-state index contributed by atoms with van der Waals surface area (Å²) < 4.78 is 0. The number of likely N-dealkylation sites (tertiary alicyclic amines) is 1. The molecule has 3 N–H and O–H groups in total. The molecule has 2 aromatic carbocycles. The van der Waals surface area contributed by atoms with Crippen molar-refractivity contribution in [1.29, 1.82) is 0 Å². The number of piperidine rings is 1. The van der Waals surface area contributed by atoms with Crippen LogP contribution in [0.2, 0.25) is 0 Å². The SMILES string of the molecule is NCCNC(=O)C1CCN(C(=O)c2cccc3ccccc23)CC1. The van der Waals surface area contributed by atoms with Crippen molar-refractivity contribution in [3.63, 3.8) is 0 Å². The van der Waals surface area contributed by atoms with Crippen LogP contribution in [0.1, 0.15) is 23.2 Å². The molecular weight excluding hydrogens is 302 g/mol. The van der Waals surface area contributed by atoms with Crippen LogP contribution in [0.15, 0.2) is 42.5 Å². The van der Waals surface area contributed by atoms with E-state index in [4.69, 9.17) is 5.73 Å². The van der Waals surface area contributed by atoms with Crippen LogP contribution >= 0.6 is 0 Å². The Bertz CT molecular complexity index is 731. The Balaban J connectivity index is 1.68. The van der Waals surface area contributed by atoms with Gasteiger partial charge in [-0.3, -0.25) is 9.59 Å². The third kappa shape index (κ3) is 3.41. The zero-order valence-corrected chi connectivity index (χ0v) is 13.7. The molecule has 0 unspecified atom stereocenters. The average Bonchev–Trinajstić information content (AvgIpc) is 2.65. The van der Waals surface area contributed by atoms with E-state index in [2.05, 4.69) is 5.32 Å². The maximum Gasteiger partial charge on any atom is 0.254 e. The Labute approximate surface area is 141 Å². The average molecular weight is 325 g/mol. The summed E-state index contributed by atoms with van der Waals surface area (Å²) in [4.78, 5) is 26.7. The number of carbonyl (C=O) groups excluding carboxylic acids is 2. The monoisotopic (exact) mass is 325 g/mol. The molecule has 0 bridgehead atoms. The first-order chi connectivity index (χ1) is 11.7. The van der Waals surface area contributed by atoms with Gasteiger partial charge in [0.15, 0.2) is 0 Å². The number of nitrogens with one attached hydrogen (secondary N) is 1. The molecular formula is C19H23N3O2. The Morgan fingerprint density at radius 2 is 1.79 bits per heavy atom. The zero-order chi connectivity index (χ0) is 16.9. The van der Waals surface area contributed by atoms with Crippen LogP contribution in [-0.2, 0) is 4.79 Å². The minimum absolute atomic E-state index is 0.0203. The molecule has 1 fully saturated rings. The fraction of sp³-hybridized carbons (Fsp3) is 0.368. The van der Waals surface area contributed by atoms with Gasteiger partial charge < -0.3 is 16.0 Å². The molecule has 0 saturated carbocycles. The zero-order valence-electron chi connectivity index (χ0n) is 13.7. The van der Waals surface area contributed by atoms with Crippen LogP contribution in [0.25, 0.3) is 10.8 Å². The molecule has 126 valence electrons. The molecule has 2 amide bonds. The topological polar surface area (TPSA) is 75.4 Å². The second kappa shape index (κ2) is 7.45. The van der Waals surface area contributed by atoms with E-state index in [1.807, 2.05) is 47.4 Å². The van der Waals surface area contributed by atoms with E-state index in [0.717, 1.165) is 16.3 Å². The molecule has 0 aliphatic carbocycles. The normalized spacial score (nSPS) is 15.5. The highest BCUT2D eigenvalue weighted by molar-refractivity contribution is 6.07. The maximum atomic E-state index is 12.9. The third-order valence-corrected chi connectivity index (χ3v) is 4.62. The number of carbonyl (C=O) groups is 2. The summed E-state index contributed by atoms with van der Waals surface area (Å²) in [6, 6.07) is 13.7. The molecule has 1 saturated heterocycles. The molecule has 0 atom stereocenters. The fourth-order valence-electron chi connectivity index (χ4n) is 3.27. The van der Waals surface area contributed by atoms with Crippen molar-refractivity contribution in [2.75, 3.05) is 26.2 Å². The Morgan fingerprint density at radius 1 is 1.08 bits per heavy atom. The largest absolute Gasteiger partial charge is 0.355 e. The molecule has 5 heteroatoms. The van der Waals surface area contributed by atoms with E-state index in [0.29, 0.717) is 39.0 Å². The van der Waals surface area contributed by atoms with Crippen molar-refractivity contribution in [2.45, 2.75) is 12.8 Å². The molecule has 0 radical (unpaired) electrons. The smallest absolute Gasteiger partial charge is 0.254 e. The molecule has 0 spiro atoms. The van der Waals surface area contributed by atoms with Gasteiger partial charge >= 0.3 is 0 Å². The number of rotatable bonds is 4. The Morgan fingerprint density at radius 3 is 2.54 bits per heavy atom. The molecule has 1 heterocycles. The van der Waals surface area contributed by atoms with Gasteiger partial charge in [0.2, 0.25) is 5.91 Å². The van der Waals surface area contributed by atoms with Crippen molar-refractivity contribution in [3.05, 3.63) is 48.0 Å². The molecule has 0 aromatic heterocycles. The highest BCUT2D eigenvalue weighted by Crippen LogP contribution is 2.23. The number of nitrogens with two attached hydrogens (primary N) is 1. The molecule has 5 nitrogen and oxygen atoms in total. The third-order valence-electron chi connectivity index (χ3n) is 4.62. The lowest BCUT2D eigenvalue weighted by atomic mass is 9.95. The van der Waals surface area contributed by atoms with Gasteiger partial charge in [0.05, 0.1) is 0 Å². The Hall–Kier alpha value is -2.40. The van der Waals surface area contributed by atoms with E-state index in [1.54, 1.807) is 0 Å². The number of benzene rings is 2. The van der Waals surface area contributed by atoms with Crippen molar-refractivity contribution in [2.24, 2.45) is 11.7 Å². The fourth-order valence-corrected chi connectivity index (χ4v) is 3.27. The van der Waals surface area contributed by atoms with Gasteiger partial charge in [-0.1, -0.05) is 36.4 Å². The summed E-state index contributed by atoms with van der Waals surface area (Å²) in [5.74, 6) is 0.0819. The van der Waals surface area contributed by atoms with Gasteiger partial charge in [-0.05, 0) is 29.7 Å². The molecule has 1 aliphatic rings. The molecule has 24 heavy (non-hydrogen) atoms. The first-order valence-electron chi connectivity index (χ1n) is 8.45. The minimum atomic E-state index is -0.0203. The summed E-state index contributed by atoms with van der Waals surface area (Å²) in [7, 11) is 0. The van der Waals surface area contributed by atoms with Gasteiger partial charge in [0, 0.05) is 37.7 Å².